The lowest BCUT2D eigenvalue weighted by molar-refractivity contribution is -0.155. The average molecular weight is 147 g/mol. The molecule has 59 valence electrons. The molecule has 0 heterocycles. The van der Waals surface area contributed by atoms with Crippen molar-refractivity contribution in [3.05, 3.63) is 6.92 Å². The number of rotatable bonds is 4. The molecule has 1 atom stereocenters. The highest BCUT2D eigenvalue weighted by Gasteiger charge is 2.13. The smallest absolute Gasteiger partial charge is 0.337 e. The van der Waals surface area contributed by atoms with E-state index >= 15 is 0 Å². The van der Waals surface area contributed by atoms with Gasteiger partial charge in [0, 0.05) is 0 Å². The summed E-state index contributed by atoms with van der Waals surface area (Å²) in [5.74, 6) is -0.800. The number of ether oxygens (including phenoxy) is 1. The Morgan fingerprint density at radius 3 is 2.70 bits per heavy atom. The Bertz CT molecular complexity index is 102. The van der Waals surface area contributed by atoms with Gasteiger partial charge in [-0.1, -0.05) is 0 Å². The van der Waals surface area contributed by atoms with Gasteiger partial charge in [0.2, 0.25) is 0 Å². The van der Waals surface area contributed by atoms with Crippen molar-refractivity contribution in [3.63, 3.8) is 0 Å². The molecule has 0 bridgehead atoms. The number of esters is 1. The molecule has 0 spiro atoms. The van der Waals surface area contributed by atoms with Gasteiger partial charge >= 0.3 is 5.97 Å². The third-order valence-corrected chi connectivity index (χ3v) is 0.834. The Hall–Kier alpha value is -0.610. The zero-order valence-electron chi connectivity index (χ0n) is 5.62. The average Bonchev–Trinajstić information content (AvgIpc) is 1.98. The van der Waals surface area contributed by atoms with Crippen molar-refractivity contribution in [2.45, 2.75) is 12.5 Å². The van der Waals surface area contributed by atoms with Crippen molar-refractivity contribution in [1.82, 2.24) is 0 Å². The first kappa shape index (κ1) is 9.39. The van der Waals surface area contributed by atoms with E-state index in [1.165, 1.54) is 0 Å². The fraction of sp³-hybridized carbons (Fsp3) is 0.667. The Balaban J connectivity index is 3.42. The molecule has 0 fully saturated rings. The maximum Gasteiger partial charge on any atom is 0.337 e. The fourth-order valence-corrected chi connectivity index (χ4v) is 0.343. The van der Waals surface area contributed by atoms with Crippen molar-refractivity contribution >= 4 is 5.97 Å². The minimum Gasteiger partial charge on any atom is -0.464 e. The van der Waals surface area contributed by atoms with E-state index in [-0.39, 0.29) is 6.61 Å². The maximum absolute atomic E-state index is 10.5. The van der Waals surface area contributed by atoms with E-state index in [9.17, 15) is 4.79 Å². The molecule has 1 unspecified atom stereocenters. The van der Waals surface area contributed by atoms with Crippen LogP contribution in [0.5, 0.6) is 0 Å². The van der Waals surface area contributed by atoms with Crippen molar-refractivity contribution in [2.24, 2.45) is 0 Å². The molecule has 2 N–H and O–H groups in total. The number of carbonyl (C=O) groups excluding carboxylic acids is 1. The van der Waals surface area contributed by atoms with Crippen LogP contribution in [-0.2, 0) is 9.53 Å². The first-order valence-electron chi connectivity index (χ1n) is 2.97. The molecule has 0 aliphatic rings. The van der Waals surface area contributed by atoms with E-state index in [0.29, 0.717) is 6.42 Å². The number of carbonyl (C=O) groups is 1. The monoisotopic (exact) mass is 147 g/mol. The molecule has 0 amide bonds. The van der Waals surface area contributed by atoms with Crippen LogP contribution >= 0.6 is 0 Å². The molecular weight excluding hydrogens is 136 g/mol. The lowest BCUT2D eigenvalue weighted by Crippen LogP contribution is -2.26. The third-order valence-electron chi connectivity index (χ3n) is 0.834. The van der Waals surface area contributed by atoms with E-state index < -0.39 is 18.7 Å². The van der Waals surface area contributed by atoms with Crippen molar-refractivity contribution in [3.8, 4) is 0 Å². The second kappa shape index (κ2) is 5.20. The summed E-state index contributed by atoms with van der Waals surface area (Å²) in [7, 11) is 0. The topological polar surface area (TPSA) is 66.8 Å². The molecular formula is C6H11O4. The van der Waals surface area contributed by atoms with E-state index in [2.05, 4.69) is 11.7 Å². The molecule has 10 heavy (non-hydrogen) atoms. The minimum absolute atomic E-state index is 0.176. The number of hydrogen-bond donors (Lipinski definition) is 2. The van der Waals surface area contributed by atoms with Crippen LogP contribution in [0.25, 0.3) is 0 Å². The molecule has 0 aromatic carbocycles. The lowest BCUT2D eigenvalue weighted by Gasteiger charge is -2.05. The Morgan fingerprint density at radius 1 is 1.70 bits per heavy atom. The van der Waals surface area contributed by atoms with Crippen LogP contribution in [0.3, 0.4) is 0 Å². The van der Waals surface area contributed by atoms with Gasteiger partial charge in [0.15, 0.2) is 6.10 Å². The largest absolute Gasteiger partial charge is 0.464 e. The summed E-state index contributed by atoms with van der Waals surface area (Å²) in [4.78, 5) is 10.5. The second-order valence-electron chi connectivity index (χ2n) is 1.72. The minimum atomic E-state index is -1.41. The number of hydrogen-bond acceptors (Lipinski definition) is 4. The van der Waals surface area contributed by atoms with Crippen LogP contribution in [0.1, 0.15) is 6.42 Å². The molecule has 4 nitrogen and oxygen atoms in total. The Labute approximate surface area is 59.4 Å². The summed E-state index contributed by atoms with van der Waals surface area (Å²) >= 11 is 0. The summed E-state index contributed by atoms with van der Waals surface area (Å²) in [5.41, 5.74) is 0. The molecule has 0 aromatic heterocycles. The van der Waals surface area contributed by atoms with Crippen LogP contribution in [0.2, 0.25) is 0 Å². The normalized spacial score (nSPS) is 12.7. The van der Waals surface area contributed by atoms with Gasteiger partial charge < -0.3 is 14.9 Å². The second-order valence-corrected chi connectivity index (χ2v) is 1.72. The Kier molecular flexibility index (Phi) is 4.88. The highest BCUT2D eigenvalue weighted by Crippen LogP contribution is 1.88. The molecule has 4 heteroatoms. The van der Waals surface area contributed by atoms with Crippen molar-refractivity contribution in [2.75, 3.05) is 13.2 Å². The summed E-state index contributed by atoms with van der Waals surface area (Å²) in [6, 6.07) is 0. The Morgan fingerprint density at radius 2 is 2.30 bits per heavy atom. The SMILES string of the molecule is [CH2]CCOC(=O)C(O)CO. The quantitative estimate of drug-likeness (QED) is 0.506. The first-order valence-corrected chi connectivity index (χ1v) is 2.97. The van der Waals surface area contributed by atoms with Crippen LogP contribution in [0, 0.1) is 6.92 Å². The predicted octanol–water partition coefficient (Wildman–Crippen LogP) is -0.893. The predicted molar refractivity (Wildman–Crippen MR) is 34.0 cm³/mol. The van der Waals surface area contributed by atoms with E-state index in [1.54, 1.807) is 0 Å². The molecule has 0 saturated carbocycles. The molecule has 0 rings (SSSR count). The zero-order valence-corrected chi connectivity index (χ0v) is 5.62. The van der Waals surface area contributed by atoms with Crippen LogP contribution in [-0.4, -0.2) is 35.5 Å². The van der Waals surface area contributed by atoms with Gasteiger partial charge in [0.1, 0.15) is 0 Å². The molecule has 1 radical (unpaired) electrons. The molecule has 0 aliphatic carbocycles. The van der Waals surface area contributed by atoms with Gasteiger partial charge in [-0.05, 0) is 13.3 Å². The number of aliphatic hydroxyl groups excluding tert-OH is 2. The fourth-order valence-electron chi connectivity index (χ4n) is 0.343. The zero-order chi connectivity index (χ0) is 7.98. The van der Waals surface area contributed by atoms with E-state index in [1.807, 2.05) is 0 Å². The highest BCUT2D eigenvalue weighted by molar-refractivity contribution is 5.74. The van der Waals surface area contributed by atoms with Gasteiger partial charge in [-0.2, -0.15) is 0 Å². The molecule has 0 aromatic rings. The molecule has 0 saturated heterocycles. The van der Waals surface area contributed by atoms with Gasteiger partial charge in [0.05, 0.1) is 13.2 Å². The summed E-state index contributed by atoms with van der Waals surface area (Å²) in [6.45, 7) is 3.00. The van der Waals surface area contributed by atoms with Gasteiger partial charge in [-0.25, -0.2) is 4.79 Å². The summed E-state index contributed by atoms with van der Waals surface area (Å²) < 4.78 is 4.43. The standard InChI is InChI=1S/C6H11O4/c1-2-3-10-6(9)5(8)4-7/h5,7-8H,1-4H2. The van der Waals surface area contributed by atoms with Gasteiger partial charge in [0.25, 0.3) is 0 Å². The van der Waals surface area contributed by atoms with E-state index in [0.717, 1.165) is 0 Å². The summed E-state index contributed by atoms with van der Waals surface area (Å²) in [5, 5.41) is 16.8. The van der Waals surface area contributed by atoms with Crippen LogP contribution in [0.15, 0.2) is 0 Å². The summed E-state index contributed by atoms with van der Waals surface area (Å²) in [6.07, 6.45) is -0.948. The molecule has 0 aliphatic heterocycles. The number of aliphatic hydroxyl groups is 2. The van der Waals surface area contributed by atoms with Crippen LogP contribution in [0.4, 0.5) is 0 Å². The lowest BCUT2D eigenvalue weighted by atomic mass is 10.4. The third kappa shape index (κ3) is 3.42. The maximum atomic E-state index is 10.5. The van der Waals surface area contributed by atoms with Gasteiger partial charge in [-0.3, -0.25) is 0 Å². The van der Waals surface area contributed by atoms with Crippen LogP contribution < -0.4 is 0 Å². The first-order chi connectivity index (χ1) is 4.72. The highest BCUT2D eigenvalue weighted by atomic mass is 16.5. The van der Waals surface area contributed by atoms with Gasteiger partial charge in [-0.15, -0.1) is 0 Å². The van der Waals surface area contributed by atoms with E-state index in [4.69, 9.17) is 10.2 Å². The van der Waals surface area contributed by atoms with Crippen molar-refractivity contribution in [1.29, 1.82) is 0 Å². The van der Waals surface area contributed by atoms with Crippen molar-refractivity contribution < 1.29 is 19.7 Å².